The Labute approximate surface area is 99.0 Å². The van der Waals surface area contributed by atoms with Crippen LogP contribution in [0.2, 0.25) is 0 Å². The quantitative estimate of drug-likeness (QED) is 0.804. The minimum absolute atomic E-state index is 0.00377. The molecule has 3 heteroatoms. The van der Waals surface area contributed by atoms with Crippen molar-refractivity contribution in [2.75, 3.05) is 19.6 Å². The molecule has 0 spiro atoms. The van der Waals surface area contributed by atoms with Gasteiger partial charge in [0.1, 0.15) is 0 Å². The second kappa shape index (κ2) is 5.55. The SMILES string of the molecule is CCCC(C)(N)CN1CC(C)SC(C)C1. The van der Waals surface area contributed by atoms with Gasteiger partial charge in [-0.2, -0.15) is 11.8 Å². The Morgan fingerprint density at radius 2 is 1.87 bits per heavy atom. The van der Waals surface area contributed by atoms with Gasteiger partial charge in [-0.15, -0.1) is 0 Å². The maximum atomic E-state index is 6.30. The van der Waals surface area contributed by atoms with E-state index in [1.807, 2.05) is 0 Å². The molecule has 90 valence electrons. The van der Waals surface area contributed by atoms with Crippen LogP contribution in [-0.2, 0) is 0 Å². The maximum Gasteiger partial charge on any atom is 0.0254 e. The molecule has 0 bridgehead atoms. The average Bonchev–Trinajstić information content (AvgIpc) is 1.99. The highest BCUT2D eigenvalue weighted by molar-refractivity contribution is 8.00. The molecule has 0 aromatic heterocycles. The van der Waals surface area contributed by atoms with E-state index in [1.165, 1.54) is 19.5 Å². The first-order valence-electron chi connectivity index (χ1n) is 6.09. The number of thioether (sulfide) groups is 1. The van der Waals surface area contributed by atoms with Gasteiger partial charge in [0.05, 0.1) is 0 Å². The monoisotopic (exact) mass is 230 g/mol. The lowest BCUT2D eigenvalue weighted by Gasteiger charge is -2.39. The van der Waals surface area contributed by atoms with Gasteiger partial charge in [0.25, 0.3) is 0 Å². The van der Waals surface area contributed by atoms with Gasteiger partial charge >= 0.3 is 0 Å². The highest BCUT2D eigenvalue weighted by Gasteiger charge is 2.27. The molecule has 1 aliphatic heterocycles. The van der Waals surface area contributed by atoms with Crippen molar-refractivity contribution in [1.29, 1.82) is 0 Å². The molecule has 0 aliphatic carbocycles. The Kier molecular flexibility index (Phi) is 4.94. The minimum Gasteiger partial charge on any atom is -0.324 e. The Morgan fingerprint density at radius 1 is 1.33 bits per heavy atom. The van der Waals surface area contributed by atoms with Gasteiger partial charge in [-0.05, 0) is 13.3 Å². The van der Waals surface area contributed by atoms with Crippen LogP contribution in [0.15, 0.2) is 0 Å². The van der Waals surface area contributed by atoms with Crippen molar-refractivity contribution in [2.24, 2.45) is 5.73 Å². The second-order valence-electron chi connectivity index (χ2n) is 5.36. The number of nitrogens with zero attached hydrogens (tertiary/aromatic N) is 1. The molecule has 2 N–H and O–H groups in total. The Hall–Kier alpha value is 0.270. The molecular formula is C12H26N2S. The predicted octanol–water partition coefficient (Wildman–Crippen LogP) is 2.33. The molecule has 0 saturated carbocycles. The van der Waals surface area contributed by atoms with Crippen LogP contribution < -0.4 is 5.73 Å². The molecule has 15 heavy (non-hydrogen) atoms. The van der Waals surface area contributed by atoms with Crippen molar-refractivity contribution in [2.45, 2.75) is 56.6 Å². The first-order valence-corrected chi connectivity index (χ1v) is 7.04. The summed E-state index contributed by atoms with van der Waals surface area (Å²) in [5.41, 5.74) is 6.30. The third-order valence-corrected chi connectivity index (χ3v) is 4.13. The van der Waals surface area contributed by atoms with Crippen molar-refractivity contribution < 1.29 is 0 Å². The summed E-state index contributed by atoms with van der Waals surface area (Å²) >= 11 is 2.10. The lowest BCUT2D eigenvalue weighted by atomic mass is 9.96. The van der Waals surface area contributed by atoms with Gasteiger partial charge in [0, 0.05) is 35.7 Å². The molecule has 2 nitrogen and oxygen atoms in total. The molecule has 1 heterocycles. The van der Waals surface area contributed by atoms with Crippen molar-refractivity contribution >= 4 is 11.8 Å². The fourth-order valence-corrected chi connectivity index (χ4v) is 3.96. The molecule has 1 rings (SSSR count). The van der Waals surface area contributed by atoms with Gasteiger partial charge in [0.2, 0.25) is 0 Å². The molecule has 0 radical (unpaired) electrons. The lowest BCUT2D eigenvalue weighted by Crippen LogP contribution is -2.52. The van der Waals surface area contributed by atoms with E-state index in [9.17, 15) is 0 Å². The molecule has 0 amide bonds. The summed E-state index contributed by atoms with van der Waals surface area (Å²) in [4.78, 5) is 2.54. The van der Waals surface area contributed by atoms with Gasteiger partial charge in [-0.25, -0.2) is 0 Å². The highest BCUT2D eigenvalue weighted by atomic mass is 32.2. The molecule has 1 saturated heterocycles. The van der Waals surface area contributed by atoms with Gasteiger partial charge < -0.3 is 5.73 Å². The van der Waals surface area contributed by atoms with E-state index >= 15 is 0 Å². The third-order valence-electron chi connectivity index (χ3n) is 2.90. The molecule has 0 aromatic rings. The number of hydrogen-bond acceptors (Lipinski definition) is 3. The summed E-state index contributed by atoms with van der Waals surface area (Å²) in [6.45, 7) is 12.5. The van der Waals surface area contributed by atoms with Crippen LogP contribution in [0.25, 0.3) is 0 Å². The van der Waals surface area contributed by atoms with E-state index in [0.717, 1.165) is 23.5 Å². The van der Waals surface area contributed by atoms with Crippen LogP contribution in [-0.4, -0.2) is 40.6 Å². The lowest BCUT2D eigenvalue weighted by molar-refractivity contribution is 0.207. The zero-order chi connectivity index (χ0) is 11.5. The van der Waals surface area contributed by atoms with Crippen molar-refractivity contribution in [3.63, 3.8) is 0 Å². The molecule has 1 aliphatic rings. The summed E-state index contributed by atoms with van der Waals surface area (Å²) in [6.07, 6.45) is 2.31. The van der Waals surface area contributed by atoms with E-state index in [0.29, 0.717) is 0 Å². The predicted molar refractivity (Wildman–Crippen MR) is 70.5 cm³/mol. The summed E-state index contributed by atoms with van der Waals surface area (Å²) in [5, 5.41) is 1.51. The summed E-state index contributed by atoms with van der Waals surface area (Å²) < 4.78 is 0. The van der Waals surface area contributed by atoms with Crippen molar-refractivity contribution in [3.8, 4) is 0 Å². The van der Waals surface area contributed by atoms with E-state index in [1.54, 1.807) is 0 Å². The number of rotatable bonds is 4. The van der Waals surface area contributed by atoms with Crippen LogP contribution in [0, 0.1) is 0 Å². The summed E-state index contributed by atoms with van der Waals surface area (Å²) in [5.74, 6) is 0. The fourth-order valence-electron chi connectivity index (χ4n) is 2.57. The summed E-state index contributed by atoms with van der Waals surface area (Å²) in [6, 6.07) is 0. The first kappa shape index (κ1) is 13.3. The number of hydrogen-bond donors (Lipinski definition) is 1. The molecule has 3 atom stereocenters. The second-order valence-corrected chi connectivity index (χ2v) is 7.24. The zero-order valence-corrected chi connectivity index (χ0v) is 11.4. The molecule has 1 fully saturated rings. The largest absolute Gasteiger partial charge is 0.324 e. The fraction of sp³-hybridized carbons (Fsp3) is 1.00. The van der Waals surface area contributed by atoms with Crippen LogP contribution in [0.5, 0.6) is 0 Å². The van der Waals surface area contributed by atoms with Crippen LogP contribution in [0.4, 0.5) is 0 Å². The number of nitrogens with two attached hydrogens (primary N) is 1. The molecule has 3 unspecified atom stereocenters. The first-order chi connectivity index (χ1) is 6.93. The Morgan fingerprint density at radius 3 is 2.33 bits per heavy atom. The minimum atomic E-state index is -0.00377. The van der Waals surface area contributed by atoms with Gasteiger partial charge in [-0.1, -0.05) is 27.2 Å². The highest BCUT2D eigenvalue weighted by Crippen LogP contribution is 2.25. The normalized spacial score (nSPS) is 32.6. The van der Waals surface area contributed by atoms with Crippen molar-refractivity contribution in [1.82, 2.24) is 4.90 Å². The van der Waals surface area contributed by atoms with Gasteiger partial charge in [0.15, 0.2) is 0 Å². The smallest absolute Gasteiger partial charge is 0.0254 e. The Bertz CT molecular complexity index is 184. The van der Waals surface area contributed by atoms with E-state index in [4.69, 9.17) is 5.73 Å². The molecule has 0 aromatic carbocycles. The van der Waals surface area contributed by atoms with Crippen LogP contribution in [0.3, 0.4) is 0 Å². The standard InChI is InChI=1S/C12H26N2S/c1-5-6-12(4,13)9-14-7-10(2)15-11(3)8-14/h10-11H,5-9,13H2,1-4H3. The third kappa shape index (κ3) is 4.75. The zero-order valence-electron chi connectivity index (χ0n) is 10.6. The average molecular weight is 230 g/mol. The van der Waals surface area contributed by atoms with Crippen LogP contribution >= 0.6 is 11.8 Å². The summed E-state index contributed by atoms with van der Waals surface area (Å²) in [7, 11) is 0. The van der Waals surface area contributed by atoms with Crippen molar-refractivity contribution in [3.05, 3.63) is 0 Å². The maximum absolute atomic E-state index is 6.30. The topological polar surface area (TPSA) is 29.3 Å². The Balaban J connectivity index is 2.43. The van der Waals surface area contributed by atoms with Crippen LogP contribution in [0.1, 0.15) is 40.5 Å². The van der Waals surface area contributed by atoms with Gasteiger partial charge in [-0.3, -0.25) is 4.90 Å². The molecular weight excluding hydrogens is 204 g/mol. The van der Waals surface area contributed by atoms with E-state index in [-0.39, 0.29) is 5.54 Å². The van der Waals surface area contributed by atoms with E-state index in [2.05, 4.69) is 44.4 Å². The van der Waals surface area contributed by atoms with E-state index < -0.39 is 0 Å².